The van der Waals surface area contributed by atoms with Gasteiger partial charge in [0.05, 0.1) is 0 Å². The lowest BCUT2D eigenvalue weighted by Crippen LogP contribution is -2.13. The molecule has 20 heavy (non-hydrogen) atoms. The molecule has 2 aromatic rings. The fraction of sp³-hybridized carbons (Fsp3) is 0.375. The van der Waals surface area contributed by atoms with E-state index >= 15 is 0 Å². The predicted octanol–water partition coefficient (Wildman–Crippen LogP) is 2.97. The van der Waals surface area contributed by atoms with Crippen molar-refractivity contribution >= 4 is 0 Å². The minimum atomic E-state index is -0.222. The van der Waals surface area contributed by atoms with Crippen LogP contribution in [-0.2, 0) is 6.42 Å². The molecule has 0 bridgehead atoms. The molecule has 1 heterocycles. The van der Waals surface area contributed by atoms with Crippen LogP contribution in [0.3, 0.4) is 0 Å². The maximum absolute atomic E-state index is 13.6. The number of rotatable bonds is 4. The zero-order chi connectivity index (χ0) is 14.7. The number of nitrogens with zero attached hydrogens (tertiary/aromatic N) is 2. The Morgan fingerprint density at radius 2 is 1.75 bits per heavy atom. The van der Waals surface area contributed by atoms with Gasteiger partial charge in [-0.05, 0) is 58.0 Å². The molecule has 0 amide bonds. The summed E-state index contributed by atoms with van der Waals surface area (Å²) < 4.78 is 13.6. The third kappa shape index (κ3) is 3.02. The lowest BCUT2D eigenvalue weighted by atomic mass is 10.1. The second-order valence-corrected chi connectivity index (χ2v) is 5.01. The molecule has 3 nitrogen and oxygen atoms in total. The van der Waals surface area contributed by atoms with Gasteiger partial charge in [0.2, 0.25) is 0 Å². The monoisotopic (exact) mass is 273 g/mol. The van der Waals surface area contributed by atoms with E-state index in [2.05, 4.69) is 15.3 Å². The Morgan fingerprint density at radius 3 is 2.30 bits per heavy atom. The molecule has 0 aliphatic rings. The van der Waals surface area contributed by atoms with Gasteiger partial charge in [0.15, 0.2) is 5.82 Å². The number of halogens is 1. The summed E-state index contributed by atoms with van der Waals surface area (Å²) in [6.07, 6.45) is 0.900. The molecule has 0 saturated carbocycles. The van der Waals surface area contributed by atoms with E-state index < -0.39 is 0 Å². The summed E-state index contributed by atoms with van der Waals surface area (Å²) in [5, 5.41) is 3.13. The Kier molecular flexibility index (Phi) is 4.45. The van der Waals surface area contributed by atoms with Crippen LogP contribution >= 0.6 is 0 Å². The van der Waals surface area contributed by atoms with Crippen molar-refractivity contribution in [3.8, 4) is 11.4 Å². The van der Waals surface area contributed by atoms with Gasteiger partial charge in [-0.15, -0.1) is 0 Å². The second kappa shape index (κ2) is 6.09. The van der Waals surface area contributed by atoms with Crippen molar-refractivity contribution in [1.29, 1.82) is 0 Å². The van der Waals surface area contributed by atoms with Crippen LogP contribution in [0, 0.1) is 26.6 Å². The number of hydrogen-bond acceptors (Lipinski definition) is 3. The fourth-order valence-corrected chi connectivity index (χ4v) is 2.21. The Morgan fingerprint density at radius 1 is 1.10 bits per heavy atom. The molecule has 1 aromatic heterocycles. The first-order chi connectivity index (χ1) is 9.52. The van der Waals surface area contributed by atoms with E-state index in [9.17, 15) is 4.39 Å². The molecule has 4 heteroatoms. The summed E-state index contributed by atoms with van der Waals surface area (Å²) in [6, 6.07) is 5.12. The van der Waals surface area contributed by atoms with Gasteiger partial charge < -0.3 is 5.32 Å². The molecule has 0 fully saturated rings. The average Bonchev–Trinajstić information content (AvgIpc) is 2.41. The maximum Gasteiger partial charge on any atom is 0.159 e. The van der Waals surface area contributed by atoms with Crippen LogP contribution in [0.15, 0.2) is 18.2 Å². The van der Waals surface area contributed by atoms with Crippen molar-refractivity contribution < 1.29 is 4.39 Å². The third-order valence-corrected chi connectivity index (χ3v) is 3.48. The SMILES string of the molecule is CNCCc1c(C)nc(-c2ccc(C)c(F)c2)nc1C. The molecule has 0 radical (unpaired) electrons. The van der Waals surface area contributed by atoms with Crippen LogP contribution in [0.2, 0.25) is 0 Å². The number of aromatic nitrogens is 2. The zero-order valence-corrected chi connectivity index (χ0v) is 12.4. The highest BCUT2D eigenvalue weighted by Gasteiger charge is 2.10. The highest BCUT2D eigenvalue weighted by molar-refractivity contribution is 5.56. The van der Waals surface area contributed by atoms with Crippen LogP contribution in [-0.4, -0.2) is 23.6 Å². The standard InChI is InChI=1S/C16H20FN3/c1-10-5-6-13(9-15(10)17)16-19-11(2)14(7-8-18-4)12(3)20-16/h5-6,9,18H,7-8H2,1-4H3. The number of aryl methyl sites for hydroxylation is 3. The zero-order valence-electron chi connectivity index (χ0n) is 12.4. The van der Waals surface area contributed by atoms with Crippen LogP contribution in [0.4, 0.5) is 4.39 Å². The molecule has 0 aliphatic carbocycles. The number of hydrogen-bond donors (Lipinski definition) is 1. The summed E-state index contributed by atoms with van der Waals surface area (Å²) in [6.45, 7) is 6.60. The predicted molar refractivity (Wildman–Crippen MR) is 79.3 cm³/mol. The van der Waals surface area contributed by atoms with Gasteiger partial charge in [-0.2, -0.15) is 0 Å². The maximum atomic E-state index is 13.6. The first-order valence-electron chi connectivity index (χ1n) is 6.78. The Labute approximate surface area is 119 Å². The smallest absolute Gasteiger partial charge is 0.159 e. The van der Waals surface area contributed by atoms with Crippen LogP contribution < -0.4 is 5.32 Å². The van der Waals surface area contributed by atoms with Crippen molar-refractivity contribution in [2.45, 2.75) is 27.2 Å². The number of likely N-dealkylation sites (N-methyl/N-ethyl adjacent to an activating group) is 1. The van der Waals surface area contributed by atoms with Crippen LogP contribution in [0.1, 0.15) is 22.5 Å². The van der Waals surface area contributed by atoms with E-state index in [4.69, 9.17) is 0 Å². The Balaban J connectivity index is 2.41. The first kappa shape index (κ1) is 14.6. The van der Waals surface area contributed by atoms with Crippen molar-refractivity contribution in [3.05, 3.63) is 46.5 Å². The quantitative estimate of drug-likeness (QED) is 0.930. The molecular weight excluding hydrogens is 253 g/mol. The Bertz CT molecular complexity index is 600. The van der Waals surface area contributed by atoms with Gasteiger partial charge in [0.1, 0.15) is 5.82 Å². The third-order valence-electron chi connectivity index (χ3n) is 3.48. The fourth-order valence-electron chi connectivity index (χ4n) is 2.21. The molecule has 1 aromatic carbocycles. The van der Waals surface area contributed by atoms with E-state index in [0.717, 1.165) is 35.5 Å². The normalized spacial score (nSPS) is 10.8. The van der Waals surface area contributed by atoms with Gasteiger partial charge in [-0.25, -0.2) is 14.4 Å². The largest absolute Gasteiger partial charge is 0.319 e. The van der Waals surface area contributed by atoms with Crippen molar-refractivity contribution in [3.63, 3.8) is 0 Å². The summed E-state index contributed by atoms with van der Waals surface area (Å²) >= 11 is 0. The Hall–Kier alpha value is -1.81. The van der Waals surface area contributed by atoms with Crippen LogP contribution in [0.25, 0.3) is 11.4 Å². The number of benzene rings is 1. The van der Waals surface area contributed by atoms with Crippen LogP contribution in [0.5, 0.6) is 0 Å². The lowest BCUT2D eigenvalue weighted by molar-refractivity contribution is 0.619. The molecule has 0 atom stereocenters. The van der Waals surface area contributed by atoms with E-state index in [1.807, 2.05) is 27.0 Å². The minimum Gasteiger partial charge on any atom is -0.319 e. The van der Waals surface area contributed by atoms with Crippen molar-refractivity contribution in [2.75, 3.05) is 13.6 Å². The van der Waals surface area contributed by atoms with Gasteiger partial charge in [0.25, 0.3) is 0 Å². The number of nitrogens with one attached hydrogen (secondary N) is 1. The van der Waals surface area contributed by atoms with E-state index in [1.54, 1.807) is 13.0 Å². The highest BCUT2D eigenvalue weighted by atomic mass is 19.1. The van der Waals surface area contributed by atoms with Gasteiger partial charge in [0, 0.05) is 17.0 Å². The molecule has 0 saturated heterocycles. The topological polar surface area (TPSA) is 37.8 Å². The lowest BCUT2D eigenvalue weighted by Gasteiger charge is -2.11. The molecule has 0 unspecified atom stereocenters. The summed E-state index contributed by atoms with van der Waals surface area (Å²) in [5.41, 5.74) is 4.44. The molecule has 106 valence electrons. The molecule has 2 rings (SSSR count). The van der Waals surface area contributed by atoms with E-state index in [1.165, 1.54) is 6.07 Å². The summed E-state index contributed by atoms with van der Waals surface area (Å²) in [7, 11) is 1.93. The summed E-state index contributed by atoms with van der Waals surface area (Å²) in [5.74, 6) is 0.368. The van der Waals surface area contributed by atoms with E-state index in [-0.39, 0.29) is 5.82 Å². The minimum absolute atomic E-state index is 0.222. The van der Waals surface area contributed by atoms with Crippen molar-refractivity contribution in [1.82, 2.24) is 15.3 Å². The molecule has 0 aliphatic heterocycles. The first-order valence-corrected chi connectivity index (χ1v) is 6.78. The molecule has 1 N–H and O–H groups in total. The highest BCUT2D eigenvalue weighted by Crippen LogP contribution is 2.21. The van der Waals surface area contributed by atoms with Gasteiger partial charge in [-0.3, -0.25) is 0 Å². The average molecular weight is 273 g/mol. The van der Waals surface area contributed by atoms with E-state index in [0.29, 0.717) is 11.4 Å². The molecular formula is C16H20FN3. The van der Waals surface area contributed by atoms with Gasteiger partial charge >= 0.3 is 0 Å². The van der Waals surface area contributed by atoms with Gasteiger partial charge in [-0.1, -0.05) is 12.1 Å². The molecule has 0 spiro atoms. The second-order valence-electron chi connectivity index (χ2n) is 5.01. The van der Waals surface area contributed by atoms with Crippen molar-refractivity contribution in [2.24, 2.45) is 0 Å². The summed E-state index contributed by atoms with van der Waals surface area (Å²) in [4.78, 5) is 9.04.